The molecule has 2 atom stereocenters. The van der Waals surface area contributed by atoms with Crippen LogP contribution in [0, 0.1) is 0 Å². The van der Waals surface area contributed by atoms with E-state index in [1.54, 1.807) is 14.2 Å². The van der Waals surface area contributed by atoms with Crippen LogP contribution in [-0.4, -0.2) is 69.5 Å². The number of aliphatic hydroxyl groups is 1. The average molecular weight is 666 g/mol. The van der Waals surface area contributed by atoms with Crippen LogP contribution in [-0.2, 0) is 32.3 Å². The first kappa shape index (κ1) is 33.2. The summed E-state index contributed by atoms with van der Waals surface area (Å²) in [4.78, 5) is 4.78. The van der Waals surface area contributed by atoms with Gasteiger partial charge in [-0.1, -0.05) is 18.2 Å². The molecule has 0 fully saturated rings. The minimum absolute atomic E-state index is 0.0436. The molecular weight excluding hydrogens is 618 g/mol. The molecule has 258 valence electrons. The highest BCUT2D eigenvalue weighted by molar-refractivity contribution is 5.61. The molecule has 4 aliphatic heterocycles. The van der Waals surface area contributed by atoms with Crippen LogP contribution < -0.4 is 29.4 Å². The first-order valence-electron chi connectivity index (χ1n) is 17.3. The number of aliphatic hydroxyl groups excluding tert-OH is 1. The number of nitrogens with zero attached hydrogens (tertiary/aromatic N) is 2. The number of nitrogens with two attached hydrogens (primary N) is 1. The normalized spacial score (nSPS) is 18.8. The van der Waals surface area contributed by atoms with Crippen LogP contribution in [0.3, 0.4) is 0 Å². The standard InChI is InChI=1S/C40H47N3O6/c1-42-15-12-27-22-35(45-3)37-23-31(27)32(42)18-25-6-9-30(10-7-25)48-36-20-26(8-11-34(36)47-17-5-14-41)19-33-38-28(13-16-43(33)2)21-29(24-44)39(46-4)40(38)49-37/h6-11,20-23,32-33,44H,5,12-19,24,41H2,1-4H3/t32-,33+/m0/s1. The van der Waals surface area contributed by atoms with E-state index < -0.39 is 0 Å². The molecule has 0 aromatic heterocycles. The summed E-state index contributed by atoms with van der Waals surface area (Å²) in [5.41, 5.74) is 13.5. The van der Waals surface area contributed by atoms with Gasteiger partial charge in [0.2, 0.25) is 0 Å². The van der Waals surface area contributed by atoms with Gasteiger partial charge in [0.05, 0.1) is 27.4 Å². The Morgan fingerprint density at radius 2 is 1.51 bits per heavy atom. The molecule has 0 amide bonds. The van der Waals surface area contributed by atoms with Crippen molar-refractivity contribution in [2.75, 3.05) is 54.6 Å². The second kappa shape index (κ2) is 14.3. The fourth-order valence-corrected chi connectivity index (χ4v) is 7.57. The van der Waals surface area contributed by atoms with Gasteiger partial charge in [-0.05, 0) is 123 Å². The van der Waals surface area contributed by atoms with Crippen molar-refractivity contribution in [2.24, 2.45) is 5.73 Å². The quantitative estimate of drug-likeness (QED) is 0.219. The van der Waals surface area contributed by atoms with Crippen LogP contribution in [0.4, 0.5) is 0 Å². The molecule has 4 aromatic rings. The van der Waals surface area contributed by atoms with Gasteiger partial charge in [0.15, 0.2) is 34.5 Å². The molecule has 3 N–H and O–H groups in total. The number of benzene rings is 4. The molecule has 4 heterocycles. The molecule has 0 saturated heterocycles. The van der Waals surface area contributed by atoms with Gasteiger partial charge >= 0.3 is 0 Å². The SMILES string of the molecule is COc1cc2c3cc1Oc1c(OC)c(CO)cc4c1[C@@H](Cc1ccc(OCCCN)c(c1)Oc1ccc(cc1)C[C@@H]3N(C)CC2)N(C)CC4. The molecule has 4 aliphatic rings. The Balaban J connectivity index is 1.43. The molecule has 0 saturated carbocycles. The van der Waals surface area contributed by atoms with Crippen LogP contribution >= 0.6 is 0 Å². The largest absolute Gasteiger partial charge is 0.493 e. The van der Waals surface area contributed by atoms with E-state index in [4.69, 9.17) is 29.4 Å². The molecule has 9 heteroatoms. The lowest BCUT2D eigenvalue weighted by Crippen LogP contribution is -2.34. The van der Waals surface area contributed by atoms with E-state index in [0.717, 1.165) is 61.2 Å². The van der Waals surface area contributed by atoms with Crippen LogP contribution in [0.1, 0.15) is 57.4 Å². The van der Waals surface area contributed by atoms with Crippen LogP contribution in [0.5, 0.6) is 40.2 Å². The van der Waals surface area contributed by atoms with Gasteiger partial charge in [0.1, 0.15) is 5.75 Å². The van der Waals surface area contributed by atoms with Crippen molar-refractivity contribution in [3.63, 3.8) is 0 Å². The molecule has 49 heavy (non-hydrogen) atoms. The van der Waals surface area contributed by atoms with Gasteiger partial charge in [-0.2, -0.15) is 0 Å². The van der Waals surface area contributed by atoms with Crippen molar-refractivity contribution >= 4 is 0 Å². The van der Waals surface area contributed by atoms with Crippen molar-refractivity contribution in [3.05, 3.63) is 99.6 Å². The zero-order valence-electron chi connectivity index (χ0n) is 29.0. The van der Waals surface area contributed by atoms with E-state index in [0.29, 0.717) is 59.6 Å². The Kier molecular flexibility index (Phi) is 9.69. The molecule has 8 rings (SSSR count). The summed E-state index contributed by atoms with van der Waals surface area (Å²) in [6.07, 6.45) is 4.01. The minimum Gasteiger partial charge on any atom is -0.493 e. The predicted molar refractivity (Wildman–Crippen MR) is 190 cm³/mol. The van der Waals surface area contributed by atoms with Gasteiger partial charge in [-0.15, -0.1) is 0 Å². The summed E-state index contributed by atoms with van der Waals surface area (Å²) < 4.78 is 31.7. The van der Waals surface area contributed by atoms with Gasteiger partial charge in [0, 0.05) is 36.3 Å². The van der Waals surface area contributed by atoms with Gasteiger partial charge < -0.3 is 34.5 Å². The van der Waals surface area contributed by atoms with Gasteiger partial charge in [0.25, 0.3) is 0 Å². The van der Waals surface area contributed by atoms with Crippen molar-refractivity contribution in [1.82, 2.24) is 9.80 Å². The molecule has 0 spiro atoms. The van der Waals surface area contributed by atoms with E-state index >= 15 is 0 Å². The molecule has 0 unspecified atom stereocenters. The lowest BCUT2D eigenvalue weighted by molar-refractivity contribution is 0.219. The third-order valence-electron chi connectivity index (χ3n) is 10.3. The monoisotopic (exact) mass is 665 g/mol. The topological polar surface area (TPSA) is 98.9 Å². The van der Waals surface area contributed by atoms with E-state index in [9.17, 15) is 5.11 Å². The van der Waals surface area contributed by atoms with Crippen molar-refractivity contribution < 1.29 is 28.8 Å². The zero-order valence-corrected chi connectivity index (χ0v) is 29.0. The highest BCUT2D eigenvalue weighted by Crippen LogP contribution is 2.50. The maximum atomic E-state index is 10.5. The van der Waals surface area contributed by atoms with Crippen molar-refractivity contribution in [3.8, 4) is 40.2 Å². The maximum absolute atomic E-state index is 10.5. The summed E-state index contributed by atoms with van der Waals surface area (Å²) >= 11 is 0. The average Bonchev–Trinajstić information content (AvgIpc) is 3.11. The van der Waals surface area contributed by atoms with Crippen LogP contribution in [0.2, 0.25) is 0 Å². The van der Waals surface area contributed by atoms with Gasteiger partial charge in [-0.3, -0.25) is 9.80 Å². The Bertz CT molecular complexity index is 1810. The Morgan fingerprint density at radius 1 is 0.796 bits per heavy atom. The predicted octanol–water partition coefficient (Wildman–Crippen LogP) is 6.37. The minimum atomic E-state index is -0.160. The summed E-state index contributed by atoms with van der Waals surface area (Å²) in [6.45, 7) is 2.71. The summed E-state index contributed by atoms with van der Waals surface area (Å²) in [5, 5.41) is 10.5. The lowest BCUT2D eigenvalue weighted by Gasteiger charge is -2.37. The molecule has 4 aromatic carbocycles. The van der Waals surface area contributed by atoms with E-state index in [-0.39, 0.29) is 18.7 Å². The number of likely N-dealkylation sites (N-methyl/N-ethyl adjacent to an activating group) is 2. The molecule has 6 bridgehead atoms. The van der Waals surface area contributed by atoms with Crippen molar-refractivity contribution in [2.45, 2.75) is 50.8 Å². The summed E-state index contributed by atoms with van der Waals surface area (Å²) in [5.74, 6) is 4.59. The smallest absolute Gasteiger partial charge is 0.174 e. The molecule has 9 nitrogen and oxygen atoms in total. The number of fused-ring (bicyclic) bond motifs is 2. The number of ether oxygens (including phenoxy) is 5. The van der Waals surface area contributed by atoms with Gasteiger partial charge in [-0.25, -0.2) is 0 Å². The first-order valence-corrected chi connectivity index (χ1v) is 17.3. The van der Waals surface area contributed by atoms with Crippen LogP contribution in [0.15, 0.2) is 60.7 Å². The Morgan fingerprint density at radius 3 is 2.24 bits per heavy atom. The summed E-state index contributed by atoms with van der Waals surface area (Å²) in [6, 6.07) is 21.0. The third-order valence-corrected chi connectivity index (χ3v) is 10.3. The lowest BCUT2D eigenvalue weighted by atomic mass is 9.86. The highest BCUT2D eigenvalue weighted by atomic mass is 16.5. The van der Waals surface area contributed by atoms with Crippen molar-refractivity contribution in [1.29, 1.82) is 0 Å². The fraction of sp³-hybridized carbons (Fsp3) is 0.400. The second-order valence-corrected chi connectivity index (χ2v) is 13.4. The summed E-state index contributed by atoms with van der Waals surface area (Å²) in [7, 11) is 7.67. The Labute approximate surface area is 289 Å². The number of rotatable bonds is 7. The molecule has 0 aliphatic carbocycles. The Hall–Kier alpha value is -4.28. The number of methoxy groups -OCH3 is 2. The number of hydrogen-bond acceptors (Lipinski definition) is 9. The van der Waals surface area contributed by atoms with E-state index in [1.807, 2.05) is 18.2 Å². The number of hydrogen-bond donors (Lipinski definition) is 2. The highest BCUT2D eigenvalue weighted by Gasteiger charge is 2.34. The van der Waals surface area contributed by atoms with E-state index in [2.05, 4.69) is 66.4 Å². The third kappa shape index (κ3) is 6.56. The zero-order chi connectivity index (χ0) is 34.1. The maximum Gasteiger partial charge on any atom is 0.174 e. The molecule has 0 radical (unpaired) electrons. The fourth-order valence-electron chi connectivity index (χ4n) is 7.57. The second-order valence-electron chi connectivity index (χ2n) is 13.4. The first-order chi connectivity index (χ1) is 23.9. The van der Waals surface area contributed by atoms with E-state index in [1.165, 1.54) is 16.7 Å². The molecular formula is C40H47N3O6. The van der Waals surface area contributed by atoms with Crippen LogP contribution in [0.25, 0.3) is 0 Å².